The number of rotatable bonds is 6. The van der Waals surface area contributed by atoms with Crippen LogP contribution in [0.3, 0.4) is 0 Å². The summed E-state index contributed by atoms with van der Waals surface area (Å²) in [5, 5.41) is 0. The van der Waals surface area contributed by atoms with Gasteiger partial charge in [-0.3, -0.25) is 4.79 Å². The maximum Gasteiger partial charge on any atom is 0.359 e. The predicted octanol–water partition coefficient (Wildman–Crippen LogP) is -0.346. The number of esters is 2. The maximum atomic E-state index is 11.0. The second-order valence-corrected chi connectivity index (χ2v) is 2.12. The summed E-state index contributed by atoms with van der Waals surface area (Å²) in [6, 6.07) is 0. The largest absolute Gasteiger partial charge is 0.463 e. The van der Waals surface area contributed by atoms with Crippen molar-refractivity contribution in [3.05, 3.63) is 0 Å². The van der Waals surface area contributed by atoms with E-state index in [1.807, 2.05) is 0 Å². The third-order valence-electron chi connectivity index (χ3n) is 1.19. The number of ether oxygens (including phenoxy) is 3. The minimum Gasteiger partial charge on any atom is -0.463 e. The maximum absolute atomic E-state index is 11.0. The Hall–Kier alpha value is -1.59. The van der Waals surface area contributed by atoms with E-state index in [4.69, 9.17) is 0 Å². The molecule has 0 atom stereocenters. The zero-order valence-electron chi connectivity index (χ0n) is 8.02. The highest BCUT2D eigenvalue weighted by Crippen LogP contribution is 1.98. The molecule has 0 rings (SSSR count). The van der Waals surface area contributed by atoms with Crippen LogP contribution in [-0.2, 0) is 28.6 Å². The molecule has 0 N–H and O–H groups in total. The second-order valence-electron chi connectivity index (χ2n) is 2.12. The Bertz CT molecular complexity index is 194. The monoisotopic (exact) mass is 204 g/mol. The molecule has 6 heteroatoms. The van der Waals surface area contributed by atoms with Gasteiger partial charge in [0.2, 0.25) is 0 Å². The molecular weight excluding hydrogens is 192 g/mol. The summed E-state index contributed by atoms with van der Waals surface area (Å²) in [6.07, 6.45) is -1.62. The molecule has 0 spiro atoms. The van der Waals surface area contributed by atoms with Crippen LogP contribution in [0, 0.1) is 0 Å². The molecule has 80 valence electrons. The van der Waals surface area contributed by atoms with Gasteiger partial charge < -0.3 is 14.2 Å². The molecule has 14 heavy (non-hydrogen) atoms. The lowest BCUT2D eigenvalue weighted by atomic mass is 10.3. The lowest BCUT2D eigenvalue weighted by molar-refractivity contribution is -0.175. The van der Waals surface area contributed by atoms with Crippen molar-refractivity contribution in [3.8, 4) is 0 Å². The lowest BCUT2D eigenvalue weighted by Gasteiger charge is -2.11. The fourth-order valence-electron chi connectivity index (χ4n) is 0.699. The average Bonchev–Trinajstić information content (AvgIpc) is 2.14. The molecule has 0 saturated heterocycles. The normalized spacial score (nSPS) is 9.36. The van der Waals surface area contributed by atoms with Crippen LogP contribution in [0.15, 0.2) is 0 Å². The van der Waals surface area contributed by atoms with E-state index in [0.717, 1.165) is 0 Å². The summed E-state index contributed by atoms with van der Waals surface area (Å²) in [6.45, 7) is 3.33. The molecule has 0 radical (unpaired) electrons. The van der Waals surface area contributed by atoms with Gasteiger partial charge in [-0.1, -0.05) is 0 Å². The first-order chi connectivity index (χ1) is 6.67. The van der Waals surface area contributed by atoms with Gasteiger partial charge in [-0.25, -0.2) is 9.59 Å². The van der Waals surface area contributed by atoms with Crippen molar-refractivity contribution in [2.75, 3.05) is 13.2 Å². The Labute approximate surface area is 81.1 Å². The molecule has 0 heterocycles. The van der Waals surface area contributed by atoms with Gasteiger partial charge in [0.15, 0.2) is 0 Å². The Morgan fingerprint density at radius 3 is 1.86 bits per heavy atom. The number of hydrogen-bond acceptors (Lipinski definition) is 6. The summed E-state index contributed by atoms with van der Waals surface area (Å²) in [7, 11) is 0. The van der Waals surface area contributed by atoms with E-state index in [-0.39, 0.29) is 19.7 Å². The Balaban J connectivity index is 4.33. The smallest absolute Gasteiger partial charge is 0.359 e. The Kier molecular flexibility index (Phi) is 6.09. The van der Waals surface area contributed by atoms with Gasteiger partial charge in [0.05, 0.1) is 13.2 Å². The summed E-state index contributed by atoms with van der Waals surface area (Å²) < 4.78 is 13.2. The summed E-state index contributed by atoms with van der Waals surface area (Å²) >= 11 is 0. The fourth-order valence-corrected chi connectivity index (χ4v) is 0.699. The number of carbonyl (C=O) groups is 3. The molecule has 0 unspecified atom stereocenters. The van der Waals surface area contributed by atoms with Crippen molar-refractivity contribution in [2.24, 2.45) is 0 Å². The number of hydrogen-bond donors (Lipinski definition) is 0. The van der Waals surface area contributed by atoms with E-state index in [1.165, 1.54) is 0 Å². The minimum absolute atomic E-state index is 0.00148. The molecule has 0 amide bonds. The standard InChI is InChI=1S/C8H12O6/c1-3-12-7(10)6(14-5-9)8(11)13-4-2/h5-6H,3-4H2,1-2H3. The van der Waals surface area contributed by atoms with E-state index >= 15 is 0 Å². The quantitative estimate of drug-likeness (QED) is 0.255. The van der Waals surface area contributed by atoms with Crippen molar-refractivity contribution >= 4 is 18.4 Å². The van der Waals surface area contributed by atoms with Crippen LogP contribution in [-0.4, -0.2) is 37.7 Å². The van der Waals surface area contributed by atoms with E-state index in [0.29, 0.717) is 0 Å². The second kappa shape index (κ2) is 6.88. The number of carbonyl (C=O) groups excluding carboxylic acids is 3. The van der Waals surface area contributed by atoms with Crippen LogP contribution in [0.2, 0.25) is 0 Å². The molecule has 0 aliphatic rings. The van der Waals surface area contributed by atoms with Gasteiger partial charge in [-0.05, 0) is 13.8 Å². The third kappa shape index (κ3) is 3.88. The van der Waals surface area contributed by atoms with Gasteiger partial charge in [-0.2, -0.15) is 0 Å². The first-order valence-corrected chi connectivity index (χ1v) is 4.09. The summed E-state index contributed by atoms with van der Waals surface area (Å²) in [4.78, 5) is 32.1. The predicted molar refractivity (Wildman–Crippen MR) is 44.2 cm³/mol. The van der Waals surface area contributed by atoms with Crippen LogP contribution in [0.25, 0.3) is 0 Å². The molecular formula is C8H12O6. The molecule has 0 fully saturated rings. The zero-order valence-corrected chi connectivity index (χ0v) is 8.02. The van der Waals surface area contributed by atoms with E-state index < -0.39 is 18.0 Å². The highest BCUT2D eigenvalue weighted by molar-refractivity contribution is 5.98. The van der Waals surface area contributed by atoms with Crippen LogP contribution >= 0.6 is 0 Å². The van der Waals surface area contributed by atoms with Crippen molar-refractivity contribution in [1.82, 2.24) is 0 Å². The molecule has 0 bridgehead atoms. The highest BCUT2D eigenvalue weighted by atomic mass is 16.6. The topological polar surface area (TPSA) is 78.9 Å². The van der Waals surface area contributed by atoms with Gasteiger partial charge >= 0.3 is 11.9 Å². The van der Waals surface area contributed by atoms with Crippen LogP contribution in [0.1, 0.15) is 13.8 Å². The molecule has 0 aliphatic heterocycles. The highest BCUT2D eigenvalue weighted by Gasteiger charge is 2.31. The minimum atomic E-state index is -1.62. The Morgan fingerprint density at radius 1 is 1.14 bits per heavy atom. The molecule has 6 nitrogen and oxygen atoms in total. The molecule has 0 aromatic carbocycles. The van der Waals surface area contributed by atoms with Gasteiger partial charge in [0.1, 0.15) is 0 Å². The zero-order chi connectivity index (χ0) is 11.0. The third-order valence-corrected chi connectivity index (χ3v) is 1.19. The molecule has 0 aromatic rings. The summed E-state index contributed by atoms with van der Waals surface area (Å²) in [5.41, 5.74) is 0. The van der Waals surface area contributed by atoms with Gasteiger partial charge in [0, 0.05) is 0 Å². The van der Waals surface area contributed by atoms with E-state index in [2.05, 4.69) is 14.2 Å². The summed E-state index contributed by atoms with van der Waals surface area (Å²) in [5.74, 6) is -1.86. The SMILES string of the molecule is CCOC(=O)C(OC=O)C(=O)OCC. The van der Waals surface area contributed by atoms with E-state index in [9.17, 15) is 14.4 Å². The van der Waals surface area contributed by atoms with E-state index in [1.54, 1.807) is 13.8 Å². The van der Waals surface area contributed by atoms with Gasteiger partial charge in [-0.15, -0.1) is 0 Å². The van der Waals surface area contributed by atoms with Crippen LogP contribution in [0.5, 0.6) is 0 Å². The molecule has 0 aromatic heterocycles. The fraction of sp³-hybridized carbons (Fsp3) is 0.625. The Morgan fingerprint density at radius 2 is 1.57 bits per heavy atom. The molecule has 0 saturated carbocycles. The first kappa shape index (κ1) is 12.4. The van der Waals surface area contributed by atoms with Crippen molar-refractivity contribution in [2.45, 2.75) is 20.0 Å². The first-order valence-electron chi connectivity index (χ1n) is 4.09. The average molecular weight is 204 g/mol. The van der Waals surface area contributed by atoms with Crippen molar-refractivity contribution in [3.63, 3.8) is 0 Å². The van der Waals surface area contributed by atoms with Crippen molar-refractivity contribution in [1.29, 1.82) is 0 Å². The van der Waals surface area contributed by atoms with Crippen LogP contribution in [0.4, 0.5) is 0 Å². The van der Waals surface area contributed by atoms with Crippen molar-refractivity contribution < 1.29 is 28.6 Å². The van der Waals surface area contributed by atoms with Crippen LogP contribution < -0.4 is 0 Å². The lowest BCUT2D eigenvalue weighted by Crippen LogP contribution is -2.35. The molecule has 0 aliphatic carbocycles. The van der Waals surface area contributed by atoms with Gasteiger partial charge in [0.25, 0.3) is 12.6 Å².